The number of likely N-dealkylation sites (tertiary alicyclic amines) is 1. The molecule has 0 saturated carbocycles. The Morgan fingerprint density at radius 3 is 2.73 bits per heavy atom. The summed E-state index contributed by atoms with van der Waals surface area (Å²) in [6, 6.07) is 16.5. The molecule has 1 aromatic heterocycles. The Bertz CT molecular complexity index is 1160. The smallest absolute Gasteiger partial charge is 0.289 e. The van der Waals surface area contributed by atoms with Crippen LogP contribution in [-0.4, -0.2) is 43.7 Å². The van der Waals surface area contributed by atoms with Gasteiger partial charge >= 0.3 is 0 Å². The summed E-state index contributed by atoms with van der Waals surface area (Å²) in [5.41, 5.74) is 1.81. The molecule has 2 aliphatic rings. The molecule has 8 nitrogen and oxygen atoms in total. The van der Waals surface area contributed by atoms with Crippen molar-refractivity contribution in [1.82, 2.24) is 10.2 Å². The molecule has 5 rings (SSSR count). The molecule has 2 amide bonds. The van der Waals surface area contributed by atoms with Crippen molar-refractivity contribution in [3.63, 3.8) is 0 Å². The third kappa shape index (κ3) is 4.11. The van der Waals surface area contributed by atoms with E-state index < -0.39 is 5.92 Å². The van der Waals surface area contributed by atoms with Crippen LogP contribution in [0.1, 0.15) is 27.6 Å². The average Bonchev–Trinajstić information content (AvgIpc) is 3.62. The van der Waals surface area contributed by atoms with E-state index in [0.29, 0.717) is 30.3 Å². The Balaban J connectivity index is 1.36. The van der Waals surface area contributed by atoms with Crippen LogP contribution in [0.5, 0.6) is 17.2 Å². The molecule has 0 bridgehead atoms. The molecular formula is C25H24N2O6. The summed E-state index contributed by atoms with van der Waals surface area (Å²) in [5.74, 6) is 1.32. The fraction of sp³-hybridized carbons (Fsp3) is 0.280. The first-order valence-corrected chi connectivity index (χ1v) is 10.8. The normalized spacial score (nSPS) is 18.9. The van der Waals surface area contributed by atoms with Gasteiger partial charge in [-0.1, -0.05) is 24.3 Å². The summed E-state index contributed by atoms with van der Waals surface area (Å²) < 4.78 is 21.6. The zero-order valence-electron chi connectivity index (χ0n) is 18.2. The number of carbonyl (C=O) groups excluding carboxylic acids is 2. The Labute approximate surface area is 191 Å². The van der Waals surface area contributed by atoms with Crippen LogP contribution in [0.15, 0.2) is 65.3 Å². The fourth-order valence-corrected chi connectivity index (χ4v) is 4.45. The minimum Gasteiger partial charge on any atom is -0.496 e. The molecule has 3 aromatic rings. The number of fused-ring (bicyclic) bond motifs is 1. The van der Waals surface area contributed by atoms with Gasteiger partial charge in [0.15, 0.2) is 17.3 Å². The van der Waals surface area contributed by atoms with E-state index in [1.807, 2.05) is 42.5 Å². The maximum Gasteiger partial charge on any atom is 0.289 e. The lowest BCUT2D eigenvalue weighted by molar-refractivity contribution is -0.125. The van der Waals surface area contributed by atoms with E-state index in [2.05, 4.69) is 5.32 Å². The average molecular weight is 448 g/mol. The van der Waals surface area contributed by atoms with Gasteiger partial charge in [0.25, 0.3) is 5.91 Å². The summed E-state index contributed by atoms with van der Waals surface area (Å²) >= 11 is 0. The van der Waals surface area contributed by atoms with Gasteiger partial charge in [0.1, 0.15) is 5.75 Å². The summed E-state index contributed by atoms with van der Waals surface area (Å²) in [7, 11) is 1.61. The third-order valence-electron chi connectivity index (χ3n) is 6.12. The number of benzene rings is 2. The van der Waals surface area contributed by atoms with Crippen LogP contribution in [-0.2, 0) is 11.3 Å². The highest BCUT2D eigenvalue weighted by Gasteiger charge is 2.42. The van der Waals surface area contributed by atoms with E-state index in [1.54, 1.807) is 24.1 Å². The summed E-state index contributed by atoms with van der Waals surface area (Å²) in [4.78, 5) is 27.9. The first kappa shape index (κ1) is 20.9. The minimum absolute atomic E-state index is 0.127. The molecule has 2 atom stereocenters. The number of hydrogen-bond acceptors (Lipinski definition) is 6. The Kier molecular flexibility index (Phi) is 5.64. The van der Waals surface area contributed by atoms with Crippen molar-refractivity contribution in [2.24, 2.45) is 5.92 Å². The number of rotatable bonds is 6. The summed E-state index contributed by atoms with van der Waals surface area (Å²) in [6.45, 7) is 1.22. The van der Waals surface area contributed by atoms with E-state index in [4.69, 9.17) is 18.6 Å². The lowest BCUT2D eigenvalue weighted by atomic mass is 9.87. The molecule has 1 saturated heterocycles. The van der Waals surface area contributed by atoms with Crippen LogP contribution in [0.25, 0.3) is 0 Å². The van der Waals surface area contributed by atoms with Gasteiger partial charge in [0, 0.05) is 25.6 Å². The highest BCUT2D eigenvalue weighted by atomic mass is 16.7. The second-order valence-electron chi connectivity index (χ2n) is 8.05. The Morgan fingerprint density at radius 2 is 1.91 bits per heavy atom. The zero-order valence-corrected chi connectivity index (χ0v) is 18.2. The Morgan fingerprint density at radius 1 is 1.06 bits per heavy atom. The van der Waals surface area contributed by atoms with Crippen LogP contribution >= 0.6 is 0 Å². The topological polar surface area (TPSA) is 90.2 Å². The van der Waals surface area contributed by atoms with Crippen molar-refractivity contribution < 1.29 is 28.2 Å². The number of amides is 2. The maximum absolute atomic E-state index is 13.3. The molecule has 170 valence electrons. The van der Waals surface area contributed by atoms with E-state index in [0.717, 1.165) is 11.1 Å². The lowest BCUT2D eigenvalue weighted by Crippen LogP contribution is -2.35. The van der Waals surface area contributed by atoms with E-state index in [9.17, 15) is 9.59 Å². The van der Waals surface area contributed by atoms with Gasteiger partial charge in [-0.15, -0.1) is 0 Å². The van der Waals surface area contributed by atoms with E-state index in [-0.39, 0.29) is 36.8 Å². The molecule has 2 aliphatic heterocycles. The molecule has 1 fully saturated rings. The van der Waals surface area contributed by atoms with Crippen LogP contribution in [0, 0.1) is 5.92 Å². The van der Waals surface area contributed by atoms with Gasteiger partial charge in [-0.3, -0.25) is 9.59 Å². The number of methoxy groups -OCH3 is 1. The van der Waals surface area contributed by atoms with Crippen molar-refractivity contribution >= 4 is 11.8 Å². The zero-order chi connectivity index (χ0) is 22.8. The van der Waals surface area contributed by atoms with Gasteiger partial charge in [-0.05, 0) is 41.5 Å². The number of para-hydroxylation sites is 1. The summed E-state index contributed by atoms with van der Waals surface area (Å²) in [5, 5.41) is 3.03. The molecule has 0 spiro atoms. The molecule has 3 heterocycles. The SMILES string of the molecule is COc1ccccc1C1CN(C(=O)c2ccco2)CC1C(=O)NCc1ccc2c(c1)OCO2. The fourth-order valence-electron chi connectivity index (χ4n) is 4.45. The Hall–Kier alpha value is -3.94. The molecule has 8 heteroatoms. The maximum atomic E-state index is 13.3. The monoisotopic (exact) mass is 448 g/mol. The first-order valence-electron chi connectivity index (χ1n) is 10.8. The van der Waals surface area contributed by atoms with Crippen LogP contribution in [0.4, 0.5) is 0 Å². The second-order valence-corrected chi connectivity index (χ2v) is 8.05. The van der Waals surface area contributed by atoms with Gasteiger partial charge < -0.3 is 28.8 Å². The third-order valence-corrected chi connectivity index (χ3v) is 6.12. The van der Waals surface area contributed by atoms with Crippen molar-refractivity contribution in [2.45, 2.75) is 12.5 Å². The van der Waals surface area contributed by atoms with Gasteiger partial charge in [0.2, 0.25) is 12.7 Å². The molecular weight excluding hydrogens is 424 g/mol. The van der Waals surface area contributed by atoms with Gasteiger partial charge in [0.05, 0.1) is 19.3 Å². The van der Waals surface area contributed by atoms with E-state index >= 15 is 0 Å². The minimum atomic E-state index is -0.436. The summed E-state index contributed by atoms with van der Waals surface area (Å²) in [6.07, 6.45) is 1.47. The van der Waals surface area contributed by atoms with Crippen LogP contribution < -0.4 is 19.5 Å². The quantitative estimate of drug-likeness (QED) is 0.623. The predicted octanol–water partition coefficient (Wildman–Crippen LogP) is 3.19. The first-order chi connectivity index (χ1) is 16.1. The molecule has 1 N–H and O–H groups in total. The second kappa shape index (κ2) is 8.90. The lowest BCUT2D eigenvalue weighted by Gasteiger charge is -2.20. The van der Waals surface area contributed by atoms with E-state index in [1.165, 1.54) is 6.26 Å². The standard InChI is InChI=1S/C25H24N2O6/c1-30-20-6-3-2-5-17(20)18-13-27(25(29)22-7-4-10-31-22)14-19(18)24(28)26-12-16-8-9-21-23(11-16)33-15-32-21/h2-11,18-19H,12-15H2,1H3,(H,26,28). The van der Waals surface area contributed by atoms with Crippen molar-refractivity contribution in [3.05, 3.63) is 77.7 Å². The molecule has 0 aliphatic carbocycles. The number of carbonyl (C=O) groups is 2. The van der Waals surface area contributed by atoms with Crippen molar-refractivity contribution in [3.8, 4) is 17.2 Å². The highest BCUT2D eigenvalue weighted by molar-refractivity contribution is 5.92. The predicted molar refractivity (Wildman–Crippen MR) is 118 cm³/mol. The van der Waals surface area contributed by atoms with Crippen molar-refractivity contribution in [1.29, 1.82) is 0 Å². The number of nitrogens with zero attached hydrogens (tertiary/aromatic N) is 1. The van der Waals surface area contributed by atoms with Gasteiger partial charge in [-0.25, -0.2) is 0 Å². The molecule has 2 aromatic carbocycles. The number of nitrogens with one attached hydrogen (secondary N) is 1. The molecule has 33 heavy (non-hydrogen) atoms. The van der Waals surface area contributed by atoms with Crippen molar-refractivity contribution in [2.75, 3.05) is 27.0 Å². The van der Waals surface area contributed by atoms with Gasteiger partial charge in [-0.2, -0.15) is 0 Å². The number of ether oxygens (including phenoxy) is 3. The number of hydrogen-bond donors (Lipinski definition) is 1. The largest absolute Gasteiger partial charge is 0.496 e. The van der Waals surface area contributed by atoms with Crippen LogP contribution in [0.2, 0.25) is 0 Å². The molecule has 2 unspecified atom stereocenters. The highest BCUT2D eigenvalue weighted by Crippen LogP contribution is 2.38. The van der Waals surface area contributed by atoms with Crippen LogP contribution in [0.3, 0.4) is 0 Å². The number of furan rings is 1. The molecule has 0 radical (unpaired) electrons.